The molecule has 0 aliphatic carbocycles. The maximum Gasteiger partial charge on any atom is 0.238 e. The molecule has 0 spiro atoms. The predicted octanol–water partition coefficient (Wildman–Crippen LogP) is 3.39. The van der Waals surface area contributed by atoms with E-state index in [1.807, 2.05) is 37.6 Å². The summed E-state index contributed by atoms with van der Waals surface area (Å²) in [6.07, 6.45) is -0.0697. The molecule has 1 saturated heterocycles. The van der Waals surface area contributed by atoms with Crippen molar-refractivity contribution in [2.24, 2.45) is 0 Å². The van der Waals surface area contributed by atoms with Crippen LogP contribution in [0.2, 0.25) is 0 Å². The fourth-order valence-corrected chi connectivity index (χ4v) is 3.75. The van der Waals surface area contributed by atoms with Crippen molar-refractivity contribution in [3.8, 4) is 11.6 Å². The Morgan fingerprint density at radius 1 is 1.17 bits per heavy atom. The molecule has 7 heteroatoms. The van der Waals surface area contributed by atoms with E-state index in [0.717, 1.165) is 22.6 Å². The Kier molecular flexibility index (Phi) is 7.39. The third-order valence-corrected chi connectivity index (χ3v) is 5.19. The Hall–Kier alpha value is -2.09. The van der Waals surface area contributed by atoms with Crippen LogP contribution in [0, 0.1) is 6.92 Å². The zero-order valence-corrected chi connectivity index (χ0v) is 18.5. The van der Waals surface area contributed by atoms with E-state index < -0.39 is 18.5 Å². The van der Waals surface area contributed by atoms with Crippen molar-refractivity contribution in [1.82, 2.24) is 9.78 Å². The summed E-state index contributed by atoms with van der Waals surface area (Å²) in [5.74, 6) is 1.36. The number of hydrogen-bond acceptors (Lipinski definition) is 6. The summed E-state index contributed by atoms with van der Waals surface area (Å²) in [6.45, 7) is 10.1. The van der Waals surface area contributed by atoms with E-state index in [1.54, 1.807) is 0 Å². The normalized spacial score (nSPS) is 22.0. The van der Waals surface area contributed by atoms with E-state index >= 15 is 0 Å². The molecule has 0 saturated carbocycles. The predicted molar refractivity (Wildman–Crippen MR) is 114 cm³/mol. The zero-order chi connectivity index (χ0) is 21.8. The lowest BCUT2D eigenvalue weighted by Crippen LogP contribution is -2.40. The van der Waals surface area contributed by atoms with Gasteiger partial charge < -0.3 is 24.4 Å². The molecule has 0 radical (unpaired) electrons. The first-order valence-electron chi connectivity index (χ1n) is 10.7. The number of aliphatic hydroxyl groups is 2. The molecule has 7 nitrogen and oxygen atoms in total. The van der Waals surface area contributed by atoms with Gasteiger partial charge in [0.05, 0.1) is 24.9 Å². The minimum atomic E-state index is -0.638. The average Bonchev–Trinajstić information content (AvgIpc) is 2.98. The molecule has 2 N–H and O–H groups in total. The SMILES string of the molecule is Cc1c(Cc2ccc(OC(C)C)cc2)c(O[C@H]2C[C@@H](O)C[C@@H](CO)O2)nn1C(C)C. The summed E-state index contributed by atoms with van der Waals surface area (Å²) in [7, 11) is 0. The van der Waals surface area contributed by atoms with Gasteiger partial charge >= 0.3 is 0 Å². The van der Waals surface area contributed by atoms with Gasteiger partial charge in [0, 0.05) is 36.6 Å². The Labute approximate surface area is 178 Å². The van der Waals surface area contributed by atoms with Gasteiger partial charge in [0.25, 0.3) is 0 Å². The lowest BCUT2D eigenvalue weighted by Gasteiger charge is -2.31. The van der Waals surface area contributed by atoms with Gasteiger partial charge in [-0.3, -0.25) is 4.68 Å². The van der Waals surface area contributed by atoms with Gasteiger partial charge in [-0.05, 0) is 52.3 Å². The third kappa shape index (κ3) is 5.53. The van der Waals surface area contributed by atoms with Crippen molar-refractivity contribution < 1.29 is 24.4 Å². The number of rotatable bonds is 8. The highest BCUT2D eigenvalue weighted by Gasteiger charge is 2.31. The topological polar surface area (TPSA) is 86.0 Å². The van der Waals surface area contributed by atoms with Crippen LogP contribution >= 0.6 is 0 Å². The number of aromatic nitrogens is 2. The molecular formula is C23H34N2O5. The summed E-state index contributed by atoms with van der Waals surface area (Å²) in [5, 5.41) is 24.2. The van der Waals surface area contributed by atoms with E-state index in [4.69, 9.17) is 14.2 Å². The number of benzene rings is 1. The minimum absolute atomic E-state index is 0.135. The lowest BCUT2D eigenvalue weighted by atomic mass is 10.0. The highest BCUT2D eigenvalue weighted by atomic mass is 16.7. The second-order valence-corrected chi connectivity index (χ2v) is 8.51. The molecule has 1 aliphatic heterocycles. The first kappa shape index (κ1) is 22.6. The zero-order valence-electron chi connectivity index (χ0n) is 18.5. The monoisotopic (exact) mass is 418 g/mol. The van der Waals surface area contributed by atoms with Crippen LogP contribution in [-0.2, 0) is 11.2 Å². The molecule has 1 aromatic heterocycles. The van der Waals surface area contributed by atoms with Crippen molar-refractivity contribution in [2.75, 3.05) is 6.61 Å². The summed E-state index contributed by atoms with van der Waals surface area (Å²) in [5.41, 5.74) is 3.16. The van der Waals surface area contributed by atoms with Gasteiger partial charge in [-0.25, -0.2) is 0 Å². The summed E-state index contributed by atoms with van der Waals surface area (Å²) in [6, 6.07) is 8.24. The maximum absolute atomic E-state index is 10.1. The van der Waals surface area contributed by atoms with Gasteiger partial charge in [0.1, 0.15) is 5.75 Å². The Balaban J connectivity index is 1.82. The quantitative estimate of drug-likeness (QED) is 0.684. The molecule has 1 aromatic carbocycles. The third-order valence-electron chi connectivity index (χ3n) is 5.19. The van der Waals surface area contributed by atoms with Crippen molar-refractivity contribution in [2.45, 2.75) is 84.5 Å². The number of nitrogens with zero attached hydrogens (tertiary/aromatic N) is 2. The van der Waals surface area contributed by atoms with Crippen LogP contribution in [-0.4, -0.2) is 51.2 Å². The fourth-order valence-electron chi connectivity index (χ4n) is 3.75. The lowest BCUT2D eigenvalue weighted by molar-refractivity contribution is -0.186. The first-order valence-corrected chi connectivity index (χ1v) is 10.7. The minimum Gasteiger partial charge on any atom is -0.491 e. The van der Waals surface area contributed by atoms with E-state index in [1.165, 1.54) is 0 Å². The van der Waals surface area contributed by atoms with Crippen LogP contribution < -0.4 is 9.47 Å². The van der Waals surface area contributed by atoms with Gasteiger partial charge in [0.2, 0.25) is 12.2 Å². The van der Waals surface area contributed by atoms with Crippen LogP contribution in [0.3, 0.4) is 0 Å². The van der Waals surface area contributed by atoms with Crippen LogP contribution in [0.25, 0.3) is 0 Å². The Morgan fingerprint density at radius 3 is 2.47 bits per heavy atom. The van der Waals surface area contributed by atoms with Crippen molar-refractivity contribution in [1.29, 1.82) is 0 Å². The highest BCUT2D eigenvalue weighted by Crippen LogP contribution is 2.30. The molecule has 2 aromatic rings. The standard InChI is InChI=1S/C23H34N2O5/c1-14(2)25-16(5)21(10-17-6-8-19(9-7-17)28-15(3)4)23(24-25)30-22-12-18(27)11-20(13-26)29-22/h6-9,14-15,18,20,22,26-27H,10-13H2,1-5H3/t18-,20-,22-/m0/s1. The van der Waals surface area contributed by atoms with Crippen LogP contribution in [0.5, 0.6) is 11.6 Å². The van der Waals surface area contributed by atoms with Gasteiger partial charge in [0.15, 0.2) is 0 Å². The first-order chi connectivity index (χ1) is 14.3. The molecule has 1 aliphatic rings. The van der Waals surface area contributed by atoms with Crippen LogP contribution in [0.1, 0.15) is 63.4 Å². The van der Waals surface area contributed by atoms with Gasteiger partial charge in [-0.2, -0.15) is 0 Å². The molecule has 3 atom stereocenters. The average molecular weight is 419 g/mol. The van der Waals surface area contributed by atoms with Crippen LogP contribution in [0.15, 0.2) is 24.3 Å². The second kappa shape index (κ2) is 9.81. The maximum atomic E-state index is 10.1. The van der Waals surface area contributed by atoms with Crippen LogP contribution in [0.4, 0.5) is 0 Å². The number of aliphatic hydroxyl groups excluding tert-OH is 2. The molecule has 3 rings (SSSR count). The second-order valence-electron chi connectivity index (χ2n) is 8.51. The summed E-state index contributed by atoms with van der Waals surface area (Å²) < 4.78 is 19.6. The van der Waals surface area contributed by atoms with E-state index in [-0.39, 0.29) is 18.8 Å². The van der Waals surface area contributed by atoms with Gasteiger partial charge in [-0.1, -0.05) is 12.1 Å². The van der Waals surface area contributed by atoms with Gasteiger partial charge in [-0.15, -0.1) is 5.10 Å². The Morgan fingerprint density at radius 2 is 1.87 bits per heavy atom. The van der Waals surface area contributed by atoms with E-state index in [2.05, 4.69) is 31.1 Å². The highest BCUT2D eigenvalue weighted by molar-refractivity contribution is 5.38. The fraction of sp³-hybridized carbons (Fsp3) is 0.609. The molecule has 2 heterocycles. The molecule has 0 unspecified atom stereocenters. The Bertz CT molecular complexity index is 816. The van der Waals surface area contributed by atoms with Crippen molar-refractivity contribution in [3.63, 3.8) is 0 Å². The molecule has 1 fully saturated rings. The molecule has 30 heavy (non-hydrogen) atoms. The van der Waals surface area contributed by atoms with E-state index in [0.29, 0.717) is 25.1 Å². The smallest absolute Gasteiger partial charge is 0.238 e. The summed E-state index contributed by atoms with van der Waals surface area (Å²) in [4.78, 5) is 0. The molecule has 166 valence electrons. The number of ether oxygens (including phenoxy) is 3. The largest absolute Gasteiger partial charge is 0.491 e. The molecule has 0 bridgehead atoms. The number of hydrogen-bond donors (Lipinski definition) is 2. The van der Waals surface area contributed by atoms with E-state index in [9.17, 15) is 10.2 Å². The molecule has 0 amide bonds. The van der Waals surface area contributed by atoms with Crippen molar-refractivity contribution >= 4 is 0 Å². The summed E-state index contributed by atoms with van der Waals surface area (Å²) >= 11 is 0. The van der Waals surface area contributed by atoms with Crippen molar-refractivity contribution in [3.05, 3.63) is 41.1 Å². The molecular weight excluding hydrogens is 384 g/mol.